The largest absolute Gasteiger partial charge is 0.326 e. The van der Waals surface area contributed by atoms with Gasteiger partial charge >= 0.3 is 0 Å². The first-order chi connectivity index (χ1) is 8.59. The van der Waals surface area contributed by atoms with Gasteiger partial charge in [0.05, 0.1) is 6.04 Å². The Balaban J connectivity index is 2.22. The zero-order chi connectivity index (χ0) is 13.1. The smallest absolute Gasteiger partial charge is 0.0500 e. The molecule has 2 atom stereocenters. The van der Waals surface area contributed by atoms with E-state index in [2.05, 4.69) is 42.8 Å². The van der Waals surface area contributed by atoms with Crippen LogP contribution in [-0.2, 0) is 0 Å². The molecule has 1 fully saturated rings. The summed E-state index contributed by atoms with van der Waals surface area (Å²) in [6, 6.07) is 5.40. The molecule has 100 valence electrons. The maximum Gasteiger partial charge on any atom is 0.0500 e. The minimum absolute atomic E-state index is 0.145. The molecular formula is C15H25N3. The fourth-order valence-corrected chi connectivity index (χ4v) is 2.68. The van der Waals surface area contributed by atoms with Crippen molar-refractivity contribution < 1.29 is 0 Å². The molecule has 0 radical (unpaired) electrons. The molecule has 1 aromatic rings. The van der Waals surface area contributed by atoms with Gasteiger partial charge in [0.2, 0.25) is 0 Å². The van der Waals surface area contributed by atoms with E-state index >= 15 is 0 Å². The van der Waals surface area contributed by atoms with Gasteiger partial charge in [-0.1, -0.05) is 13.8 Å². The van der Waals surface area contributed by atoms with Crippen LogP contribution in [0.15, 0.2) is 24.5 Å². The second kappa shape index (κ2) is 5.81. The lowest BCUT2D eigenvalue weighted by Crippen LogP contribution is -2.42. The summed E-state index contributed by atoms with van der Waals surface area (Å²) in [6.45, 7) is 7.79. The highest BCUT2D eigenvalue weighted by Crippen LogP contribution is 2.36. The molecule has 1 aliphatic carbocycles. The highest BCUT2D eigenvalue weighted by molar-refractivity contribution is 5.18. The zero-order valence-electron chi connectivity index (χ0n) is 11.7. The van der Waals surface area contributed by atoms with E-state index in [-0.39, 0.29) is 6.04 Å². The fraction of sp³-hybridized carbons (Fsp3) is 0.667. The normalized spacial score (nSPS) is 19.2. The molecular weight excluding hydrogens is 222 g/mol. The van der Waals surface area contributed by atoms with Gasteiger partial charge in [-0.25, -0.2) is 0 Å². The molecule has 1 aromatic heterocycles. The summed E-state index contributed by atoms with van der Waals surface area (Å²) in [6.07, 6.45) is 6.37. The summed E-state index contributed by atoms with van der Waals surface area (Å²) in [7, 11) is 0. The van der Waals surface area contributed by atoms with E-state index in [1.807, 2.05) is 12.4 Å². The van der Waals surface area contributed by atoms with Gasteiger partial charge in [-0.15, -0.1) is 0 Å². The Labute approximate surface area is 110 Å². The summed E-state index contributed by atoms with van der Waals surface area (Å²) in [5, 5.41) is 0. The van der Waals surface area contributed by atoms with E-state index < -0.39 is 0 Å². The topological polar surface area (TPSA) is 42.2 Å². The van der Waals surface area contributed by atoms with Gasteiger partial charge in [0.25, 0.3) is 0 Å². The van der Waals surface area contributed by atoms with Crippen LogP contribution in [0.2, 0.25) is 0 Å². The zero-order valence-corrected chi connectivity index (χ0v) is 11.7. The number of nitrogens with zero attached hydrogens (tertiary/aromatic N) is 2. The van der Waals surface area contributed by atoms with Crippen LogP contribution >= 0.6 is 0 Å². The summed E-state index contributed by atoms with van der Waals surface area (Å²) in [5.41, 5.74) is 7.55. The van der Waals surface area contributed by atoms with Crippen molar-refractivity contribution in [2.24, 2.45) is 11.7 Å². The molecule has 0 spiro atoms. The molecule has 2 rings (SSSR count). The van der Waals surface area contributed by atoms with Crippen LogP contribution in [0.25, 0.3) is 0 Å². The van der Waals surface area contributed by atoms with Crippen LogP contribution in [0.3, 0.4) is 0 Å². The molecule has 18 heavy (non-hydrogen) atoms. The summed E-state index contributed by atoms with van der Waals surface area (Å²) in [5.74, 6) is 0.675. The Bertz CT molecular complexity index is 357. The molecule has 1 saturated carbocycles. The van der Waals surface area contributed by atoms with Crippen molar-refractivity contribution in [1.82, 2.24) is 9.88 Å². The van der Waals surface area contributed by atoms with Crippen LogP contribution in [0.5, 0.6) is 0 Å². The highest BCUT2D eigenvalue weighted by atomic mass is 15.2. The van der Waals surface area contributed by atoms with Crippen LogP contribution in [0, 0.1) is 5.92 Å². The maximum absolute atomic E-state index is 6.25. The Hall–Kier alpha value is -0.930. The predicted octanol–water partition coefficient (Wildman–Crippen LogP) is 2.59. The third-order valence-electron chi connectivity index (χ3n) is 3.49. The molecule has 1 heterocycles. The molecule has 0 bridgehead atoms. The molecule has 0 saturated heterocycles. The van der Waals surface area contributed by atoms with E-state index in [0.29, 0.717) is 12.0 Å². The summed E-state index contributed by atoms with van der Waals surface area (Å²) >= 11 is 0. The second-order valence-corrected chi connectivity index (χ2v) is 5.91. The third kappa shape index (κ3) is 3.30. The average molecular weight is 247 g/mol. The van der Waals surface area contributed by atoms with Crippen LogP contribution in [0.4, 0.5) is 0 Å². The summed E-state index contributed by atoms with van der Waals surface area (Å²) < 4.78 is 0. The molecule has 0 amide bonds. The van der Waals surface area contributed by atoms with Gasteiger partial charge in [-0.05, 0) is 43.4 Å². The second-order valence-electron chi connectivity index (χ2n) is 5.91. The SMILES string of the molecule is CC(C)CN(C1CC1)C(c1ccncc1)C(C)N. The Morgan fingerprint density at radius 1 is 1.28 bits per heavy atom. The Morgan fingerprint density at radius 2 is 1.89 bits per heavy atom. The van der Waals surface area contributed by atoms with Crippen molar-refractivity contribution in [2.75, 3.05) is 6.54 Å². The summed E-state index contributed by atoms with van der Waals surface area (Å²) in [4.78, 5) is 6.71. The lowest BCUT2D eigenvalue weighted by Gasteiger charge is -2.36. The lowest BCUT2D eigenvalue weighted by atomic mass is 9.98. The van der Waals surface area contributed by atoms with E-state index in [9.17, 15) is 0 Å². The van der Waals surface area contributed by atoms with Gasteiger partial charge in [0, 0.05) is 31.0 Å². The Morgan fingerprint density at radius 3 is 2.33 bits per heavy atom. The number of pyridine rings is 1. The molecule has 3 nitrogen and oxygen atoms in total. The predicted molar refractivity (Wildman–Crippen MR) is 75.2 cm³/mol. The fourth-order valence-electron chi connectivity index (χ4n) is 2.68. The molecule has 0 aliphatic heterocycles. The van der Waals surface area contributed by atoms with Crippen molar-refractivity contribution in [3.05, 3.63) is 30.1 Å². The molecule has 1 aliphatic rings. The molecule has 2 unspecified atom stereocenters. The van der Waals surface area contributed by atoms with Crippen LogP contribution < -0.4 is 5.73 Å². The minimum atomic E-state index is 0.145. The lowest BCUT2D eigenvalue weighted by molar-refractivity contribution is 0.147. The minimum Gasteiger partial charge on any atom is -0.326 e. The number of nitrogens with two attached hydrogens (primary N) is 1. The molecule has 0 aromatic carbocycles. The maximum atomic E-state index is 6.25. The van der Waals surface area contributed by atoms with Gasteiger partial charge < -0.3 is 5.73 Å². The highest BCUT2D eigenvalue weighted by Gasteiger charge is 2.36. The van der Waals surface area contributed by atoms with Gasteiger partial charge in [-0.2, -0.15) is 0 Å². The van der Waals surface area contributed by atoms with Gasteiger partial charge in [-0.3, -0.25) is 9.88 Å². The van der Waals surface area contributed by atoms with Crippen molar-refractivity contribution in [3.8, 4) is 0 Å². The van der Waals surface area contributed by atoms with Crippen LogP contribution in [0.1, 0.15) is 45.2 Å². The molecule has 2 N–H and O–H groups in total. The first kappa shape index (κ1) is 13.5. The van der Waals surface area contributed by atoms with Crippen molar-refractivity contribution >= 4 is 0 Å². The van der Waals surface area contributed by atoms with E-state index in [4.69, 9.17) is 5.73 Å². The van der Waals surface area contributed by atoms with Gasteiger partial charge in [0.1, 0.15) is 0 Å². The first-order valence-corrected chi connectivity index (χ1v) is 7.01. The Kier molecular flexibility index (Phi) is 4.36. The van der Waals surface area contributed by atoms with Crippen molar-refractivity contribution in [2.45, 2.75) is 51.7 Å². The first-order valence-electron chi connectivity index (χ1n) is 7.01. The van der Waals surface area contributed by atoms with Crippen molar-refractivity contribution in [3.63, 3.8) is 0 Å². The quantitative estimate of drug-likeness (QED) is 0.840. The standard InChI is InChI=1S/C15H25N3/c1-11(2)10-18(14-4-5-14)15(12(3)16)13-6-8-17-9-7-13/h6-9,11-12,14-15H,4-5,10,16H2,1-3H3. The van der Waals surface area contributed by atoms with Crippen molar-refractivity contribution in [1.29, 1.82) is 0 Å². The monoisotopic (exact) mass is 247 g/mol. The number of hydrogen-bond acceptors (Lipinski definition) is 3. The van der Waals surface area contributed by atoms with Gasteiger partial charge in [0.15, 0.2) is 0 Å². The third-order valence-corrected chi connectivity index (χ3v) is 3.49. The van der Waals surface area contributed by atoms with Crippen LogP contribution in [-0.4, -0.2) is 28.5 Å². The number of rotatable bonds is 6. The number of aromatic nitrogens is 1. The number of hydrogen-bond donors (Lipinski definition) is 1. The van der Waals surface area contributed by atoms with E-state index in [0.717, 1.165) is 12.6 Å². The molecule has 3 heteroatoms. The average Bonchev–Trinajstić information content (AvgIpc) is 3.12. The van der Waals surface area contributed by atoms with E-state index in [1.165, 1.54) is 18.4 Å². The van der Waals surface area contributed by atoms with E-state index in [1.54, 1.807) is 0 Å².